The predicted molar refractivity (Wildman–Crippen MR) is 72.2 cm³/mol. The van der Waals surface area contributed by atoms with Gasteiger partial charge in [0, 0.05) is 17.1 Å². The van der Waals surface area contributed by atoms with Gasteiger partial charge in [-0.15, -0.1) is 0 Å². The van der Waals surface area contributed by atoms with E-state index in [4.69, 9.17) is 0 Å². The minimum Gasteiger partial charge on any atom is -0.255 e. The highest BCUT2D eigenvalue weighted by Crippen LogP contribution is 2.37. The van der Waals surface area contributed by atoms with Gasteiger partial charge in [0.25, 0.3) is 0 Å². The molecule has 0 unspecified atom stereocenters. The Bertz CT molecular complexity index is 749. The Morgan fingerprint density at radius 1 is 0.750 bits per heavy atom. The monoisotopic (exact) mass is 273 g/mol. The third-order valence-electron chi connectivity index (χ3n) is 3.15. The first-order valence-corrected chi connectivity index (χ1v) is 6.08. The molecular formula is C16H10F3N. The summed E-state index contributed by atoms with van der Waals surface area (Å²) in [7, 11) is 0. The smallest absolute Gasteiger partial charge is 0.255 e. The van der Waals surface area contributed by atoms with Gasteiger partial charge in [0.15, 0.2) is 0 Å². The van der Waals surface area contributed by atoms with Crippen molar-refractivity contribution in [3.63, 3.8) is 0 Å². The molecule has 0 aliphatic carbocycles. The first-order chi connectivity index (χ1) is 9.57. The number of hydrogen-bond acceptors (Lipinski definition) is 1. The van der Waals surface area contributed by atoms with Crippen molar-refractivity contribution in [2.75, 3.05) is 0 Å². The SMILES string of the molecule is FC(F)(F)c1cnc(-c2ccccc2)c2ccccc12. The molecule has 3 rings (SSSR count). The summed E-state index contributed by atoms with van der Waals surface area (Å²) < 4.78 is 39.0. The average Bonchev–Trinajstić information content (AvgIpc) is 2.46. The Hall–Kier alpha value is -2.36. The van der Waals surface area contributed by atoms with Gasteiger partial charge >= 0.3 is 6.18 Å². The number of hydrogen-bond donors (Lipinski definition) is 0. The third-order valence-corrected chi connectivity index (χ3v) is 3.15. The fraction of sp³-hybridized carbons (Fsp3) is 0.0625. The highest BCUT2D eigenvalue weighted by atomic mass is 19.4. The van der Waals surface area contributed by atoms with Crippen molar-refractivity contribution in [1.29, 1.82) is 0 Å². The average molecular weight is 273 g/mol. The minimum absolute atomic E-state index is 0.175. The molecule has 1 heterocycles. The highest BCUT2D eigenvalue weighted by Gasteiger charge is 2.33. The van der Waals surface area contributed by atoms with Gasteiger partial charge in [-0.05, 0) is 5.39 Å². The van der Waals surface area contributed by atoms with E-state index < -0.39 is 11.7 Å². The summed E-state index contributed by atoms with van der Waals surface area (Å²) >= 11 is 0. The molecule has 1 nitrogen and oxygen atoms in total. The molecule has 0 aliphatic heterocycles. The van der Waals surface area contributed by atoms with Crippen LogP contribution in [0.4, 0.5) is 13.2 Å². The van der Waals surface area contributed by atoms with Crippen LogP contribution < -0.4 is 0 Å². The van der Waals surface area contributed by atoms with Crippen LogP contribution in [-0.4, -0.2) is 4.98 Å². The summed E-state index contributed by atoms with van der Waals surface area (Å²) in [6.07, 6.45) is -3.49. The minimum atomic E-state index is -4.40. The molecule has 0 bridgehead atoms. The van der Waals surface area contributed by atoms with Crippen LogP contribution in [0.15, 0.2) is 60.8 Å². The van der Waals surface area contributed by atoms with Gasteiger partial charge in [0.1, 0.15) is 0 Å². The fourth-order valence-electron chi connectivity index (χ4n) is 2.24. The molecule has 4 heteroatoms. The van der Waals surface area contributed by atoms with Gasteiger partial charge in [-0.1, -0.05) is 54.6 Å². The molecule has 2 aromatic carbocycles. The molecule has 0 saturated heterocycles. The van der Waals surface area contributed by atoms with Gasteiger partial charge in [-0.25, -0.2) is 0 Å². The first kappa shape index (κ1) is 12.7. The molecule has 0 aliphatic rings. The Balaban J connectivity index is 2.33. The maximum absolute atomic E-state index is 13.0. The van der Waals surface area contributed by atoms with Crippen molar-refractivity contribution in [1.82, 2.24) is 4.98 Å². The third kappa shape index (κ3) is 2.13. The lowest BCUT2D eigenvalue weighted by Gasteiger charge is -2.12. The molecule has 0 N–H and O–H groups in total. The Morgan fingerprint density at radius 3 is 2.00 bits per heavy atom. The van der Waals surface area contributed by atoms with E-state index in [-0.39, 0.29) is 5.39 Å². The number of halogens is 3. The lowest BCUT2D eigenvalue weighted by atomic mass is 10.0. The van der Waals surface area contributed by atoms with Crippen molar-refractivity contribution in [2.24, 2.45) is 0 Å². The van der Waals surface area contributed by atoms with E-state index in [0.717, 1.165) is 11.8 Å². The van der Waals surface area contributed by atoms with E-state index in [0.29, 0.717) is 11.1 Å². The van der Waals surface area contributed by atoms with Crippen molar-refractivity contribution < 1.29 is 13.2 Å². The van der Waals surface area contributed by atoms with E-state index in [1.807, 2.05) is 30.3 Å². The zero-order valence-electron chi connectivity index (χ0n) is 10.4. The number of rotatable bonds is 1. The molecule has 0 saturated carbocycles. The fourth-order valence-corrected chi connectivity index (χ4v) is 2.24. The van der Waals surface area contributed by atoms with Crippen molar-refractivity contribution in [3.8, 4) is 11.3 Å². The number of benzene rings is 2. The van der Waals surface area contributed by atoms with Gasteiger partial charge in [-0.3, -0.25) is 4.98 Å². The van der Waals surface area contributed by atoms with Gasteiger partial charge in [0.2, 0.25) is 0 Å². The number of fused-ring (bicyclic) bond motifs is 1. The number of alkyl halides is 3. The molecule has 3 aromatic rings. The molecule has 0 radical (unpaired) electrons. The van der Waals surface area contributed by atoms with Gasteiger partial charge in [-0.2, -0.15) is 13.2 Å². The van der Waals surface area contributed by atoms with E-state index in [9.17, 15) is 13.2 Å². The summed E-state index contributed by atoms with van der Waals surface area (Å²) in [6.45, 7) is 0. The summed E-state index contributed by atoms with van der Waals surface area (Å²) in [5.41, 5.74) is 0.666. The largest absolute Gasteiger partial charge is 0.418 e. The molecule has 0 fully saturated rings. The van der Waals surface area contributed by atoms with Crippen LogP contribution in [0, 0.1) is 0 Å². The van der Waals surface area contributed by atoms with E-state index in [1.165, 1.54) is 6.07 Å². The lowest BCUT2D eigenvalue weighted by molar-refractivity contribution is -0.136. The second-order valence-corrected chi connectivity index (χ2v) is 4.43. The lowest BCUT2D eigenvalue weighted by Crippen LogP contribution is -2.07. The number of nitrogens with zero attached hydrogens (tertiary/aromatic N) is 1. The standard InChI is InChI=1S/C16H10F3N/c17-16(18,19)14-10-20-15(11-6-2-1-3-7-11)13-9-5-4-8-12(13)14/h1-10H. The Kier molecular flexibility index (Phi) is 2.93. The molecule has 20 heavy (non-hydrogen) atoms. The van der Waals surface area contributed by atoms with E-state index in [1.54, 1.807) is 18.2 Å². The van der Waals surface area contributed by atoms with Crippen molar-refractivity contribution in [2.45, 2.75) is 6.18 Å². The zero-order chi connectivity index (χ0) is 14.2. The van der Waals surface area contributed by atoms with Crippen LogP contribution >= 0.6 is 0 Å². The first-order valence-electron chi connectivity index (χ1n) is 6.08. The van der Waals surface area contributed by atoms with Crippen LogP contribution in [0.3, 0.4) is 0 Å². The van der Waals surface area contributed by atoms with Crippen LogP contribution in [-0.2, 0) is 6.18 Å². The van der Waals surface area contributed by atoms with Crippen molar-refractivity contribution in [3.05, 3.63) is 66.4 Å². The molecule has 0 spiro atoms. The summed E-state index contributed by atoms with van der Waals surface area (Å²) in [4.78, 5) is 4.02. The zero-order valence-corrected chi connectivity index (χ0v) is 10.4. The van der Waals surface area contributed by atoms with Crippen LogP contribution in [0.5, 0.6) is 0 Å². The van der Waals surface area contributed by atoms with Crippen molar-refractivity contribution >= 4 is 10.8 Å². The summed E-state index contributed by atoms with van der Waals surface area (Å²) in [5.74, 6) is 0. The number of aromatic nitrogens is 1. The van der Waals surface area contributed by atoms with Crippen LogP contribution in [0.25, 0.3) is 22.0 Å². The second-order valence-electron chi connectivity index (χ2n) is 4.43. The van der Waals surface area contributed by atoms with E-state index in [2.05, 4.69) is 4.98 Å². The van der Waals surface area contributed by atoms with Crippen LogP contribution in [0.2, 0.25) is 0 Å². The summed E-state index contributed by atoms with van der Waals surface area (Å²) in [5, 5.41) is 0.683. The highest BCUT2D eigenvalue weighted by molar-refractivity contribution is 5.96. The maximum atomic E-state index is 13.0. The Morgan fingerprint density at radius 2 is 1.35 bits per heavy atom. The second kappa shape index (κ2) is 4.63. The van der Waals surface area contributed by atoms with Gasteiger partial charge in [0.05, 0.1) is 11.3 Å². The predicted octanol–water partition coefficient (Wildman–Crippen LogP) is 4.92. The Labute approximate surface area is 113 Å². The summed E-state index contributed by atoms with van der Waals surface area (Å²) in [6, 6.07) is 15.7. The molecule has 0 amide bonds. The van der Waals surface area contributed by atoms with Gasteiger partial charge < -0.3 is 0 Å². The van der Waals surface area contributed by atoms with Crippen LogP contribution in [0.1, 0.15) is 5.56 Å². The molecular weight excluding hydrogens is 263 g/mol. The molecule has 0 atom stereocenters. The number of pyridine rings is 1. The normalized spacial score (nSPS) is 11.8. The maximum Gasteiger partial charge on any atom is 0.418 e. The molecule has 1 aromatic heterocycles. The quantitative estimate of drug-likeness (QED) is 0.613. The molecule has 100 valence electrons. The van der Waals surface area contributed by atoms with E-state index >= 15 is 0 Å². The topological polar surface area (TPSA) is 12.9 Å².